The largest absolute Gasteiger partial charge is 0.475 e. The van der Waals surface area contributed by atoms with Crippen molar-refractivity contribution in [3.8, 4) is 5.88 Å². The molecule has 3 fully saturated rings. The second-order valence-corrected chi connectivity index (χ2v) is 9.91. The van der Waals surface area contributed by atoms with Crippen molar-refractivity contribution < 1.29 is 45.7 Å². The Morgan fingerprint density at radius 1 is 1.05 bits per heavy atom. The van der Waals surface area contributed by atoms with Gasteiger partial charge in [-0.15, -0.1) is 5.10 Å². The molecular formula is C23H20F7N5O3. The number of alkyl halides is 5. The van der Waals surface area contributed by atoms with Crippen molar-refractivity contribution in [2.75, 3.05) is 6.61 Å². The first-order valence-corrected chi connectivity index (χ1v) is 11.3. The molecule has 0 spiro atoms. The second kappa shape index (κ2) is 8.59. The molecule has 0 saturated heterocycles. The summed E-state index contributed by atoms with van der Waals surface area (Å²) in [5, 5.41) is 30.6. The van der Waals surface area contributed by atoms with Crippen molar-refractivity contribution >= 4 is 0 Å². The van der Waals surface area contributed by atoms with Gasteiger partial charge in [-0.05, 0) is 52.8 Å². The number of aliphatic hydroxyl groups excluding tert-OH is 1. The van der Waals surface area contributed by atoms with Crippen LogP contribution in [0, 0.1) is 17.0 Å². The second-order valence-electron chi connectivity index (χ2n) is 9.91. The third-order valence-corrected chi connectivity index (χ3v) is 7.49. The van der Waals surface area contributed by atoms with E-state index in [4.69, 9.17) is 9.84 Å². The highest BCUT2D eigenvalue weighted by molar-refractivity contribution is 5.42. The molecule has 3 aliphatic carbocycles. The van der Waals surface area contributed by atoms with Gasteiger partial charge in [-0.3, -0.25) is 0 Å². The van der Waals surface area contributed by atoms with Gasteiger partial charge in [0.05, 0.1) is 6.54 Å². The number of pyridine rings is 1. The van der Waals surface area contributed by atoms with Crippen molar-refractivity contribution in [1.29, 1.82) is 0 Å². The topological polar surface area (TPSA) is 106 Å². The van der Waals surface area contributed by atoms with Crippen LogP contribution in [0.2, 0.25) is 0 Å². The molecule has 204 valence electrons. The summed E-state index contributed by atoms with van der Waals surface area (Å²) in [5.74, 6) is -6.45. The minimum absolute atomic E-state index is 0.0948. The Morgan fingerprint density at radius 2 is 1.76 bits per heavy atom. The molecule has 6 rings (SSSR count). The van der Waals surface area contributed by atoms with E-state index in [0.717, 1.165) is 23.1 Å². The summed E-state index contributed by atoms with van der Waals surface area (Å²) >= 11 is 0. The van der Waals surface area contributed by atoms with Gasteiger partial charge in [-0.1, -0.05) is 6.07 Å². The van der Waals surface area contributed by atoms with E-state index in [-0.39, 0.29) is 25.1 Å². The lowest BCUT2D eigenvalue weighted by atomic mass is 9.30. The molecule has 0 aliphatic heterocycles. The molecular weight excluding hydrogens is 527 g/mol. The Balaban J connectivity index is 1.35. The normalized spacial score (nSPS) is 25.2. The van der Waals surface area contributed by atoms with Crippen LogP contribution in [0.15, 0.2) is 42.9 Å². The molecule has 0 amide bonds. The minimum atomic E-state index is -4.85. The van der Waals surface area contributed by atoms with E-state index >= 15 is 8.78 Å². The lowest BCUT2D eigenvalue weighted by Gasteiger charge is -2.74. The zero-order chi connectivity index (χ0) is 27.6. The minimum Gasteiger partial charge on any atom is -0.475 e. The van der Waals surface area contributed by atoms with Crippen LogP contribution in [0.1, 0.15) is 30.4 Å². The van der Waals surface area contributed by atoms with Gasteiger partial charge in [-0.25, -0.2) is 27.2 Å². The van der Waals surface area contributed by atoms with Crippen LogP contribution < -0.4 is 4.74 Å². The number of hydrogen-bond acceptors (Lipinski definition) is 7. The van der Waals surface area contributed by atoms with E-state index in [2.05, 4.69) is 20.5 Å². The van der Waals surface area contributed by atoms with Crippen molar-refractivity contribution in [3.05, 3.63) is 65.6 Å². The van der Waals surface area contributed by atoms with E-state index in [1.165, 1.54) is 18.3 Å². The van der Waals surface area contributed by atoms with Crippen LogP contribution in [-0.4, -0.2) is 60.2 Å². The van der Waals surface area contributed by atoms with Crippen molar-refractivity contribution in [2.24, 2.45) is 5.41 Å². The first kappa shape index (κ1) is 26.3. The highest BCUT2D eigenvalue weighted by atomic mass is 19.4. The smallest absolute Gasteiger partial charge is 0.417 e. The van der Waals surface area contributed by atoms with Crippen LogP contribution >= 0.6 is 0 Å². The fraction of sp³-hybridized carbons (Fsp3) is 0.478. The summed E-state index contributed by atoms with van der Waals surface area (Å²) in [4.78, 5) is 3.91. The number of benzene rings is 1. The number of halogens is 7. The lowest BCUT2D eigenvalue weighted by Crippen LogP contribution is -2.76. The fourth-order valence-electron chi connectivity index (χ4n) is 5.57. The maximum Gasteiger partial charge on any atom is 0.417 e. The molecule has 3 aromatic rings. The SMILES string of the molecule is O[C@@H](COc1ccc(C23CC(C(F)(F)[C@@](O)(Cn4cnnn4)c4ccc(F)cc4F)(C2)C3)cn1)C(F)(F)F. The van der Waals surface area contributed by atoms with Crippen molar-refractivity contribution in [1.82, 2.24) is 25.2 Å². The van der Waals surface area contributed by atoms with Crippen LogP contribution in [0.3, 0.4) is 0 Å². The van der Waals surface area contributed by atoms with Crippen molar-refractivity contribution in [3.63, 3.8) is 0 Å². The molecule has 2 N–H and O–H groups in total. The highest BCUT2D eigenvalue weighted by Crippen LogP contribution is 2.80. The molecule has 38 heavy (non-hydrogen) atoms. The molecule has 0 radical (unpaired) electrons. The summed E-state index contributed by atoms with van der Waals surface area (Å²) in [5.41, 5.74) is -5.83. The van der Waals surface area contributed by atoms with E-state index in [9.17, 15) is 27.1 Å². The van der Waals surface area contributed by atoms with Gasteiger partial charge < -0.3 is 14.9 Å². The fourth-order valence-corrected chi connectivity index (χ4v) is 5.57. The summed E-state index contributed by atoms with van der Waals surface area (Å²) in [6, 6.07) is 4.69. The summed E-state index contributed by atoms with van der Waals surface area (Å²) in [6.45, 7) is -1.96. The van der Waals surface area contributed by atoms with Gasteiger partial charge in [0.1, 0.15) is 24.6 Å². The van der Waals surface area contributed by atoms with Gasteiger partial charge in [0.25, 0.3) is 5.92 Å². The first-order chi connectivity index (χ1) is 17.7. The monoisotopic (exact) mass is 547 g/mol. The Kier molecular flexibility index (Phi) is 5.94. The predicted octanol–water partition coefficient (Wildman–Crippen LogP) is 3.29. The lowest BCUT2D eigenvalue weighted by molar-refractivity contribution is -0.347. The first-order valence-electron chi connectivity index (χ1n) is 11.3. The van der Waals surface area contributed by atoms with E-state index in [1.807, 2.05) is 0 Å². The summed E-state index contributed by atoms with van der Waals surface area (Å²) in [7, 11) is 0. The molecule has 0 unspecified atom stereocenters. The van der Waals surface area contributed by atoms with Gasteiger partial charge in [0.15, 0.2) is 11.7 Å². The zero-order valence-electron chi connectivity index (χ0n) is 19.3. The molecule has 2 atom stereocenters. The van der Waals surface area contributed by atoms with E-state index in [1.54, 1.807) is 0 Å². The van der Waals surface area contributed by atoms with Gasteiger partial charge in [0.2, 0.25) is 5.88 Å². The van der Waals surface area contributed by atoms with Gasteiger partial charge in [0, 0.05) is 29.3 Å². The Labute approximate surface area is 210 Å². The quantitative estimate of drug-likeness (QED) is 0.396. The molecule has 8 nitrogen and oxygen atoms in total. The van der Waals surface area contributed by atoms with Crippen LogP contribution in [0.4, 0.5) is 30.7 Å². The maximum atomic E-state index is 16.2. The van der Waals surface area contributed by atoms with E-state index in [0.29, 0.717) is 11.6 Å². The zero-order valence-corrected chi connectivity index (χ0v) is 19.3. The third kappa shape index (κ3) is 3.99. The number of tetrazole rings is 1. The number of aliphatic hydroxyl groups is 2. The van der Waals surface area contributed by atoms with Gasteiger partial charge >= 0.3 is 6.18 Å². The third-order valence-electron chi connectivity index (χ3n) is 7.49. The molecule has 3 aliphatic rings. The highest BCUT2D eigenvalue weighted by Gasteiger charge is 2.82. The van der Waals surface area contributed by atoms with Crippen LogP contribution in [0.5, 0.6) is 5.88 Å². The van der Waals surface area contributed by atoms with E-state index < -0.39 is 65.0 Å². The number of aromatic nitrogens is 5. The Hall–Kier alpha value is -3.33. The molecule has 2 heterocycles. The van der Waals surface area contributed by atoms with Crippen molar-refractivity contribution in [2.45, 2.75) is 55.0 Å². The number of nitrogens with zero attached hydrogens (tertiary/aromatic N) is 5. The molecule has 3 saturated carbocycles. The standard InChI is InChI=1S/C23H20F7N5O3/c24-14-2-3-15(16(25)5-14)21(37,11-35-12-32-33-34-35)23(29,30)20-8-19(9-20,10-20)13-1-4-18(31-6-13)38-7-17(36)22(26,27)28/h1-6,12,17,36-37H,7-11H2/t17-,19?,20?,21+/m0/s1. The number of ether oxygens (including phenoxy) is 1. The van der Waals surface area contributed by atoms with Crippen LogP contribution in [0.25, 0.3) is 0 Å². The Morgan fingerprint density at radius 3 is 2.32 bits per heavy atom. The average molecular weight is 547 g/mol. The number of rotatable bonds is 9. The maximum absolute atomic E-state index is 16.2. The Bertz CT molecular complexity index is 1300. The molecule has 15 heteroatoms. The van der Waals surface area contributed by atoms with Crippen LogP contribution in [-0.2, 0) is 17.6 Å². The molecule has 1 aromatic carbocycles. The van der Waals surface area contributed by atoms with Gasteiger partial charge in [-0.2, -0.15) is 13.2 Å². The summed E-state index contributed by atoms with van der Waals surface area (Å²) in [6.07, 6.45) is -5.55. The molecule has 2 aromatic heterocycles. The number of hydrogen-bond donors (Lipinski definition) is 2. The summed E-state index contributed by atoms with van der Waals surface area (Å²) < 4.78 is 104. The molecule has 2 bridgehead atoms. The average Bonchev–Trinajstić information content (AvgIpc) is 3.28. The predicted molar refractivity (Wildman–Crippen MR) is 113 cm³/mol.